The maximum atomic E-state index is 12.5. The molecule has 0 bridgehead atoms. The lowest BCUT2D eigenvalue weighted by Crippen LogP contribution is -2.54. The molecule has 1 atom stereocenters. The fourth-order valence-corrected chi connectivity index (χ4v) is 2.88. The summed E-state index contributed by atoms with van der Waals surface area (Å²) in [6, 6.07) is 15.1. The van der Waals surface area contributed by atoms with Gasteiger partial charge in [0.05, 0.1) is 13.2 Å². The van der Waals surface area contributed by atoms with Gasteiger partial charge in [-0.2, -0.15) is 0 Å². The molecule has 1 aromatic heterocycles. The van der Waals surface area contributed by atoms with Crippen LogP contribution in [0.3, 0.4) is 0 Å². The highest BCUT2D eigenvalue weighted by Gasteiger charge is 2.25. The third-order valence-corrected chi connectivity index (χ3v) is 4.29. The molecule has 6 nitrogen and oxygen atoms in total. The zero-order valence-corrected chi connectivity index (χ0v) is 14.3. The van der Waals surface area contributed by atoms with E-state index >= 15 is 0 Å². The molecule has 1 aromatic carbocycles. The Kier molecular flexibility index (Phi) is 5.98. The minimum Gasteiger partial charge on any atom is -0.375 e. The zero-order chi connectivity index (χ0) is 17.5. The zero-order valence-electron chi connectivity index (χ0n) is 14.3. The van der Waals surface area contributed by atoms with Gasteiger partial charge in [-0.05, 0) is 17.7 Å². The maximum absolute atomic E-state index is 12.5. The number of ether oxygens (including phenoxy) is 1. The van der Waals surface area contributed by atoms with E-state index in [1.165, 1.54) is 0 Å². The van der Waals surface area contributed by atoms with Crippen molar-refractivity contribution in [3.8, 4) is 0 Å². The van der Waals surface area contributed by atoms with Gasteiger partial charge in [-0.3, -0.25) is 4.79 Å². The topological polar surface area (TPSA) is 71.7 Å². The van der Waals surface area contributed by atoms with E-state index in [1.807, 2.05) is 53.4 Å². The average molecular weight is 340 g/mol. The van der Waals surface area contributed by atoms with Crippen molar-refractivity contribution in [2.45, 2.75) is 12.6 Å². The minimum absolute atomic E-state index is 0.0475. The number of hydrogen-bond acceptors (Lipinski definition) is 5. The molecule has 2 aromatic rings. The monoisotopic (exact) mass is 340 g/mol. The van der Waals surface area contributed by atoms with Crippen LogP contribution in [0.5, 0.6) is 0 Å². The first-order valence-electron chi connectivity index (χ1n) is 8.56. The Balaban J connectivity index is 1.42. The van der Waals surface area contributed by atoms with Crippen molar-refractivity contribution < 1.29 is 9.53 Å². The van der Waals surface area contributed by atoms with E-state index in [0.29, 0.717) is 19.7 Å². The third-order valence-electron chi connectivity index (χ3n) is 4.29. The first-order valence-corrected chi connectivity index (χ1v) is 8.56. The highest BCUT2D eigenvalue weighted by Crippen LogP contribution is 2.13. The van der Waals surface area contributed by atoms with E-state index in [9.17, 15) is 4.79 Å². The summed E-state index contributed by atoms with van der Waals surface area (Å²) in [6.07, 6.45) is 1.78. The van der Waals surface area contributed by atoms with E-state index in [1.54, 1.807) is 6.20 Å². The van der Waals surface area contributed by atoms with Gasteiger partial charge in [0.2, 0.25) is 5.91 Å². The Morgan fingerprint density at radius 1 is 1.08 bits per heavy atom. The Bertz CT molecular complexity index is 658. The maximum Gasteiger partial charge on any atom is 0.241 e. The van der Waals surface area contributed by atoms with Crippen molar-refractivity contribution >= 4 is 11.7 Å². The molecule has 0 saturated carbocycles. The molecular formula is C19H24N4O2. The molecule has 1 amide bonds. The molecule has 1 aliphatic rings. The van der Waals surface area contributed by atoms with Crippen molar-refractivity contribution in [3.63, 3.8) is 0 Å². The number of nitrogens with two attached hydrogens (primary N) is 1. The molecule has 2 heterocycles. The standard InChI is InChI=1S/C19H24N4O2/c20-17(15-25-14-16-6-2-1-3-7-16)19(24)23-12-10-22(11-13-23)18-8-4-5-9-21-18/h1-9,17H,10-15,20H2/t17-/m1/s1. The second kappa shape index (κ2) is 8.60. The highest BCUT2D eigenvalue weighted by atomic mass is 16.5. The number of pyridine rings is 1. The van der Waals surface area contributed by atoms with Gasteiger partial charge in [0.1, 0.15) is 11.9 Å². The molecule has 0 radical (unpaired) electrons. The lowest BCUT2D eigenvalue weighted by atomic mass is 10.2. The first kappa shape index (κ1) is 17.4. The molecule has 1 saturated heterocycles. The van der Waals surface area contributed by atoms with Gasteiger partial charge in [0.25, 0.3) is 0 Å². The lowest BCUT2D eigenvalue weighted by Gasteiger charge is -2.36. The van der Waals surface area contributed by atoms with Crippen LogP contribution in [-0.4, -0.2) is 54.6 Å². The third kappa shape index (κ3) is 4.78. The number of carbonyl (C=O) groups excluding carboxylic acids is 1. The molecule has 0 aliphatic carbocycles. The van der Waals surface area contributed by atoms with Crippen molar-refractivity contribution in [3.05, 3.63) is 60.3 Å². The van der Waals surface area contributed by atoms with E-state index in [2.05, 4.69) is 9.88 Å². The summed E-state index contributed by atoms with van der Waals surface area (Å²) in [5.74, 6) is 0.902. The molecule has 25 heavy (non-hydrogen) atoms. The molecule has 6 heteroatoms. The number of amides is 1. The fraction of sp³-hybridized carbons (Fsp3) is 0.368. The molecule has 1 fully saturated rings. The van der Waals surface area contributed by atoms with E-state index in [-0.39, 0.29) is 12.5 Å². The molecule has 132 valence electrons. The molecule has 1 aliphatic heterocycles. The van der Waals surface area contributed by atoms with Crippen molar-refractivity contribution in [2.75, 3.05) is 37.7 Å². The van der Waals surface area contributed by atoms with Gasteiger partial charge < -0.3 is 20.3 Å². The number of rotatable bonds is 6. The summed E-state index contributed by atoms with van der Waals surface area (Å²) < 4.78 is 5.59. The summed E-state index contributed by atoms with van der Waals surface area (Å²) in [6.45, 7) is 3.54. The van der Waals surface area contributed by atoms with Crippen LogP contribution in [-0.2, 0) is 16.1 Å². The molecule has 0 spiro atoms. The highest BCUT2D eigenvalue weighted by molar-refractivity contribution is 5.82. The summed E-state index contributed by atoms with van der Waals surface area (Å²) in [7, 11) is 0. The molecular weight excluding hydrogens is 316 g/mol. The number of hydrogen-bond donors (Lipinski definition) is 1. The normalized spacial score (nSPS) is 15.9. The Labute approximate surface area is 148 Å². The second-order valence-electron chi connectivity index (χ2n) is 6.11. The quantitative estimate of drug-likeness (QED) is 0.857. The Morgan fingerprint density at radius 2 is 1.80 bits per heavy atom. The summed E-state index contributed by atoms with van der Waals surface area (Å²) in [5.41, 5.74) is 7.09. The average Bonchev–Trinajstić information content (AvgIpc) is 2.69. The fourth-order valence-electron chi connectivity index (χ4n) is 2.88. The van der Waals surface area contributed by atoms with Gasteiger partial charge in [0.15, 0.2) is 0 Å². The number of nitrogens with zero attached hydrogens (tertiary/aromatic N) is 3. The predicted molar refractivity (Wildman–Crippen MR) is 97.1 cm³/mol. The number of piperazine rings is 1. The molecule has 2 N–H and O–H groups in total. The van der Waals surface area contributed by atoms with Gasteiger partial charge in [0, 0.05) is 32.4 Å². The largest absolute Gasteiger partial charge is 0.375 e. The summed E-state index contributed by atoms with van der Waals surface area (Å²) in [5, 5.41) is 0. The second-order valence-corrected chi connectivity index (χ2v) is 6.11. The summed E-state index contributed by atoms with van der Waals surface area (Å²) in [4.78, 5) is 20.8. The van der Waals surface area contributed by atoms with E-state index < -0.39 is 6.04 Å². The van der Waals surface area contributed by atoms with Gasteiger partial charge in [-0.15, -0.1) is 0 Å². The SMILES string of the molecule is N[C@H](COCc1ccccc1)C(=O)N1CCN(c2ccccn2)CC1. The molecule has 0 unspecified atom stereocenters. The van der Waals surface area contributed by atoms with Crippen LogP contribution in [0.25, 0.3) is 0 Å². The predicted octanol–water partition coefficient (Wildman–Crippen LogP) is 1.27. The Morgan fingerprint density at radius 3 is 2.48 bits per heavy atom. The lowest BCUT2D eigenvalue weighted by molar-refractivity contribution is -0.134. The van der Waals surface area contributed by atoms with Crippen LogP contribution in [0.1, 0.15) is 5.56 Å². The molecule has 3 rings (SSSR count). The van der Waals surface area contributed by atoms with Crippen molar-refractivity contribution in [1.29, 1.82) is 0 Å². The van der Waals surface area contributed by atoms with Gasteiger partial charge >= 0.3 is 0 Å². The number of anilines is 1. The van der Waals surface area contributed by atoms with Gasteiger partial charge in [-0.1, -0.05) is 36.4 Å². The van der Waals surface area contributed by atoms with E-state index in [0.717, 1.165) is 24.5 Å². The number of benzene rings is 1. The number of carbonyl (C=O) groups is 1. The smallest absolute Gasteiger partial charge is 0.241 e. The first-order chi connectivity index (χ1) is 12.2. The van der Waals surface area contributed by atoms with Crippen molar-refractivity contribution in [2.24, 2.45) is 5.73 Å². The van der Waals surface area contributed by atoms with Crippen molar-refractivity contribution in [1.82, 2.24) is 9.88 Å². The van der Waals surface area contributed by atoms with E-state index in [4.69, 9.17) is 10.5 Å². The van der Waals surface area contributed by atoms with Crippen LogP contribution in [0.2, 0.25) is 0 Å². The van der Waals surface area contributed by atoms with Crippen LogP contribution in [0.4, 0.5) is 5.82 Å². The van der Waals surface area contributed by atoms with Gasteiger partial charge in [-0.25, -0.2) is 4.98 Å². The Hall–Kier alpha value is -2.44. The summed E-state index contributed by atoms with van der Waals surface area (Å²) >= 11 is 0. The minimum atomic E-state index is -0.620. The van der Waals surface area contributed by atoms with Crippen LogP contribution < -0.4 is 10.6 Å². The van der Waals surface area contributed by atoms with Crippen LogP contribution >= 0.6 is 0 Å². The van der Waals surface area contributed by atoms with Crippen LogP contribution in [0.15, 0.2) is 54.7 Å². The van der Waals surface area contributed by atoms with Crippen LogP contribution in [0, 0.1) is 0 Å². The number of aromatic nitrogens is 1.